The third kappa shape index (κ3) is 5.26. The van der Waals surface area contributed by atoms with E-state index in [0.717, 1.165) is 38.9 Å². The lowest BCUT2D eigenvalue weighted by Crippen LogP contribution is -2.24. The highest BCUT2D eigenvalue weighted by Crippen LogP contribution is 2.09. The van der Waals surface area contributed by atoms with Crippen molar-refractivity contribution < 1.29 is 9.47 Å². The molecule has 0 aromatic carbocycles. The molecule has 0 atom stereocenters. The van der Waals surface area contributed by atoms with Crippen molar-refractivity contribution in [2.24, 2.45) is 0 Å². The molecule has 80 valence electrons. The average molecular weight is 196 g/mol. The van der Waals surface area contributed by atoms with E-state index in [-0.39, 0.29) is 6.29 Å². The maximum Gasteiger partial charge on any atom is 0.158 e. The zero-order valence-corrected chi connectivity index (χ0v) is 9.05. The number of hydrogen-bond acceptors (Lipinski definition) is 2. The van der Waals surface area contributed by atoms with Crippen LogP contribution in [0, 0.1) is 11.8 Å². The molecule has 0 bridgehead atoms. The molecule has 1 aliphatic heterocycles. The van der Waals surface area contributed by atoms with E-state index in [2.05, 4.69) is 18.8 Å². The maximum atomic E-state index is 5.42. The smallest absolute Gasteiger partial charge is 0.158 e. The minimum Gasteiger partial charge on any atom is -0.353 e. The SMILES string of the molecule is CCCCC#CCCC1OCCCO1. The van der Waals surface area contributed by atoms with E-state index < -0.39 is 0 Å². The van der Waals surface area contributed by atoms with Crippen LogP contribution >= 0.6 is 0 Å². The molecular weight excluding hydrogens is 176 g/mol. The molecule has 0 amide bonds. The normalized spacial score (nSPS) is 17.5. The van der Waals surface area contributed by atoms with E-state index in [1.807, 2.05) is 0 Å². The number of hydrogen-bond donors (Lipinski definition) is 0. The van der Waals surface area contributed by atoms with Gasteiger partial charge < -0.3 is 9.47 Å². The van der Waals surface area contributed by atoms with Crippen molar-refractivity contribution in [1.82, 2.24) is 0 Å². The predicted octanol–water partition coefficient (Wildman–Crippen LogP) is 2.72. The van der Waals surface area contributed by atoms with Crippen LogP contribution in [0.2, 0.25) is 0 Å². The van der Waals surface area contributed by atoms with Crippen molar-refractivity contribution in [2.75, 3.05) is 13.2 Å². The van der Waals surface area contributed by atoms with Crippen molar-refractivity contribution in [3.63, 3.8) is 0 Å². The lowest BCUT2D eigenvalue weighted by Gasteiger charge is -2.22. The minimum atomic E-state index is 0.00391. The van der Waals surface area contributed by atoms with Crippen LogP contribution in [-0.2, 0) is 9.47 Å². The molecule has 1 saturated heterocycles. The van der Waals surface area contributed by atoms with Gasteiger partial charge in [-0.05, 0) is 12.8 Å². The second-order valence-electron chi connectivity index (χ2n) is 3.52. The standard InChI is InChI=1S/C12H20O2/c1-2-3-4-5-6-7-9-12-13-10-8-11-14-12/h12H,2-4,7-11H2,1H3. The summed E-state index contributed by atoms with van der Waals surface area (Å²) < 4.78 is 10.8. The Kier molecular flexibility index (Phi) is 6.47. The third-order valence-corrected chi connectivity index (χ3v) is 2.18. The molecule has 0 aromatic heterocycles. The molecular formula is C12H20O2. The summed E-state index contributed by atoms with van der Waals surface area (Å²) in [6.07, 6.45) is 6.31. The molecule has 1 aliphatic rings. The molecule has 0 aromatic rings. The Bertz CT molecular complexity index is 184. The van der Waals surface area contributed by atoms with Crippen molar-refractivity contribution in [1.29, 1.82) is 0 Å². The van der Waals surface area contributed by atoms with Crippen LogP contribution in [-0.4, -0.2) is 19.5 Å². The van der Waals surface area contributed by atoms with E-state index in [9.17, 15) is 0 Å². The van der Waals surface area contributed by atoms with Crippen molar-refractivity contribution in [3.05, 3.63) is 0 Å². The van der Waals surface area contributed by atoms with E-state index in [1.165, 1.54) is 12.8 Å². The van der Waals surface area contributed by atoms with Gasteiger partial charge >= 0.3 is 0 Å². The largest absolute Gasteiger partial charge is 0.353 e. The van der Waals surface area contributed by atoms with E-state index >= 15 is 0 Å². The first-order valence-corrected chi connectivity index (χ1v) is 5.62. The lowest BCUT2D eigenvalue weighted by molar-refractivity contribution is -0.180. The molecule has 0 saturated carbocycles. The second-order valence-corrected chi connectivity index (χ2v) is 3.52. The highest BCUT2D eigenvalue weighted by atomic mass is 16.7. The van der Waals surface area contributed by atoms with Gasteiger partial charge in [0.15, 0.2) is 6.29 Å². The van der Waals surface area contributed by atoms with Crippen LogP contribution in [0.1, 0.15) is 45.4 Å². The quantitative estimate of drug-likeness (QED) is 0.508. The van der Waals surface area contributed by atoms with Gasteiger partial charge in [0.2, 0.25) is 0 Å². The second kappa shape index (κ2) is 7.84. The van der Waals surface area contributed by atoms with Crippen LogP contribution < -0.4 is 0 Å². The Morgan fingerprint density at radius 1 is 1.14 bits per heavy atom. The van der Waals surface area contributed by atoms with Gasteiger partial charge in [-0.25, -0.2) is 0 Å². The Hall–Kier alpha value is -0.520. The van der Waals surface area contributed by atoms with Crippen LogP contribution in [0.15, 0.2) is 0 Å². The minimum absolute atomic E-state index is 0.00391. The average Bonchev–Trinajstić information content (AvgIpc) is 2.25. The summed E-state index contributed by atoms with van der Waals surface area (Å²) in [6, 6.07) is 0. The highest BCUT2D eigenvalue weighted by Gasteiger charge is 2.12. The highest BCUT2D eigenvalue weighted by molar-refractivity contribution is 4.98. The molecule has 2 nitrogen and oxygen atoms in total. The van der Waals surface area contributed by atoms with Gasteiger partial charge in [0.25, 0.3) is 0 Å². The molecule has 0 spiro atoms. The summed E-state index contributed by atoms with van der Waals surface area (Å²) in [6.45, 7) is 3.87. The van der Waals surface area contributed by atoms with Gasteiger partial charge in [0, 0.05) is 19.3 Å². The maximum absolute atomic E-state index is 5.42. The Labute approximate surface area is 87.0 Å². The lowest BCUT2D eigenvalue weighted by atomic mass is 10.2. The van der Waals surface area contributed by atoms with Crippen LogP contribution in [0.25, 0.3) is 0 Å². The molecule has 2 heteroatoms. The molecule has 1 fully saturated rings. The van der Waals surface area contributed by atoms with Gasteiger partial charge in [-0.3, -0.25) is 0 Å². The van der Waals surface area contributed by atoms with E-state index in [1.54, 1.807) is 0 Å². The fourth-order valence-electron chi connectivity index (χ4n) is 1.34. The first-order valence-electron chi connectivity index (χ1n) is 5.62. The van der Waals surface area contributed by atoms with Gasteiger partial charge in [-0.2, -0.15) is 0 Å². The van der Waals surface area contributed by atoms with Crippen LogP contribution in [0.5, 0.6) is 0 Å². The molecule has 0 unspecified atom stereocenters. The number of ether oxygens (including phenoxy) is 2. The monoisotopic (exact) mass is 196 g/mol. The molecule has 14 heavy (non-hydrogen) atoms. The number of rotatable bonds is 4. The zero-order chi connectivity index (χ0) is 10.1. The van der Waals surface area contributed by atoms with Crippen molar-refractivity contribution in [3.8, 4) is 11.8 Å². The summed E-state index contributed by atoms with van der Waals surface area (Å²) in [5.74, 6) is 6.32. The fourth-order valence-corrected chi connectivity index (χ4v) is 1.34. The summed E-state index contributed by atoms with van der Waals surface area (Å²) in [7, 11) is 0. The van der Waals surface area contributed by atoms with Crippen molar-refractivity contribution in [2.45, 2.75) is 51.7 Å². The molecule has 0 radical (unpaired) electrons. The zero-order valence-electron chi connectivity index (χ0n) is 9.05. The Morgan fingerprint density at radius 3 is 2.57 bits per heavy atom. The summed E-state index contributed by atoms with van der Waals surface area (Å²) >= 11 is 0. The Balaban J connectivity index is 1.98. The van der Waals surface area contributed by atoms with Crippen LogP contribution in [0.3, 0.4) is 0 Å². The fraction of sp³-hybridized carbons (Fsp3) is 0.833. The molecule has 1 heterocycles. The molecule has 0 aliphatic carbocycles. The first kappa shape index (κ1) is 11.6. The van der Waals surface area contributed by atoms with E-state index in [0.29, 0.717) is 0 Å². The summed E-state index contributed by atoms with van der Waals surface area (Å²) in [4.78, 5) is 0. The number of unbranched alkanes of at least 4 members (excludes halogenated alkanes) is 2. The van der Waals surface area contributed by atoms with Gasteiger partial charge in [-0.1, -0.05) is 13.3 Å². The third-order valence-electron chi connectivity index (χ3n) is 2.18. The van der Waals surface area contributed by atoms with Gasteiger partial charge in [0.05, 0.1) is 13.2 Å². The van der Waals surface area contributed by atoms with Gasteiger partial charge in [-0.15, -0.1) is 11.8 Å². The predicted molar refractivity (Wildman–Crippen MR) is 56.8 cm³/mol. The first-order chi connectivity index (χ1) is 6.93. The van der Waals surface area contributed by atoms with Crippen LogP contribution in [0.4, 0.5) is 0 Å². The van der Waals surface area contributed by atoms with Crippen molar-refractivity contribution >= 4 is 0 Å². The summed E-state index contributed by atoms with van der Waals surface area (Å²) in [5.41, 5.74) is 0. The van der Waals surface area contributed by atoms with Gasteiger partial charge in [0.1, 0.15) is 0 Å². The molecule has 0 N–H and O–H groups in total. The van der Waals surface area contributed by atoms with E-state index in [4.69, 9.17) is 9.47 Å². The Morgan fingerprint density at radius 2 is 1.86 bits per heavy atom. The molecule has 1 rings (SSSR count). The topological polar surface area (TPSA) is 18.5 Å². The summed E-state index contributed by atoms with van der Waals surface area (Å²) in [5, 5.41) is 0.